The van der Waals surface area contributed by atoms with E-state index in [1.165, 1.54) is 5.56 Å². The molecule has 0 atom stereocenters. The number of carbonyl (C=O) groups excluding carboxylic acids is 2. The number of ether oxygens (including phenoxy) is 1. The standard InChI is InChI=1S/C23H28N2O4/c1-23(2,3)29-22(27)25-12-11-19-10-9-18(13-20(19)15-25)14-21(26)24-28-16-17-7-5-4-6-8-17/h4-10,13H,11-12,14-16H2,1-3H3,(H,24,26). The number of hydrogen-bond donors (Lipinski definition) is 1. The van der Waals surface area contributed by atoms with Crippen LogP contribution in [0, 0.1) is 0 Å². The maximum Gasteiger partial charge on any atom is 0.410 e. The first-order valence-corrected chi connectivity index (χ1v) is 9.83. The first kappa shape index (κ1) is 20.9. The number of rotatable bonds is 5. The Balaban J connectivity index is 1.54. The van der Waals surface area contributed by atoms with Crippen molar-refractivity contribution in [1.82, 2.24) is 10.4 Å². The number of hydroxylamine groups is 1. The van der Waals surface area contributed by atoms with Crippen LogP contribution in [0.1, 0.15) is 43.0 Å². The van der Waals surface area contributed by atoms with Crippen LogP contribution in [0.15, 0.2) is 48.5 Å². The molecule has 1 heterocycles. The predicted molar refractivity (Wildman–Crippen MR) is 110 cm³/mol. The van der Waals surface area contributed by atoms with Crippen molar-refractivity contribution in [2.75, 3.05) is 6.54 Å². The van der Waals surface area contributed by atoms with Gasteiger partial charge in [0, 0.05) is 13.1 Å². The number of amides is 2. The lowest BCUT2D eigenvalue weighted by Gasteiger charge is -2.31. The molecule has 0 radical (unpaired) electrons. The Morgan fingerprint density at radius 1 is 1.03 bits per heavy atom. The number of hydrogen-bond acceptors (Lipinski definition) is 4. The van der Waals surface area contributed by atoms with Crippen molar-refractivity contribution in [1.29, 1.82) is 0 Å². The molecule has 2 aromatic rings. The Morgan fingerprint density at radius 2 is 1.79 bits per heavy atom. The van der Waals surface area contributed by atoms with E-state index in [-0.39, 0.29) is 18.4 Å². The van der Waals surface area contributed by atoms with Crippen LogP contribution in [0.4, 0.5) is 4.79 Å². The highest BCUT2D eigenvalue weighted by Gasteiger charge is 2.25. The van der Waals surface area contributed by atoms with Gasteiger partial charge in [0.05, 0.1) is 13.0 Å². The van der Waals surface area contributed by atoms with Crippen LogP contribution in [0.5, 0.6) is 0 Å². The van der Waals surface area contributed by atoms with E-state index < -0.39 is 5.60 Å². The highest BCUT2D eigenvalue weighted by molar-refractivity contribution is 5.77. The van der Waals surface area contributed by atoms with Crippen LogP contribution in [0.25, 0.3) is 0 Å². The second-order valence-electron chi connectivity index (χ2n) is 8.23. The lowest BCUT2D eigenvalue weighted by Crippen LogP contribution is -2.39. The lowest BCUT2D eigenvalue weighted by molar-refractivity contribution is -0.133. The number of benzene rings is 2. The molecule has 0 saturated carbocycles. The average Bonchev–Trinajstić information content (AvgIpc) is 2.67. The molecular formula is C23H28N2O4. The van der Waals surface area contributed by atoms with Crippen molar-refractivity contribution in [3.8, 4) is 0 Å². The molecule has 1 aliphatic heterocycles. The monoisotopic (exact) mass is 396 g/mol. The highest BCUT2D eigenvalue weighted by Crippen LogP contribution is 2.22. The summed E-state index contributed by atoms with van der Waals surface area (Å²) >= 11 is 0. The summed E-state index contributed by atoms with van der Waals surface area (Å²) < 4.78 is 5.47. The summed E-state index contributed by atoms with van der Waals surface area (Å²) in [5.74, 6) is -0.208. The summed E-state index contributed by atoms with van der Waals surface area (Å²) in [6.45, 7) is 7.03. The Labute approximate surface area is 171 Å². The molecule has 0 bridgehead atoms. The first-order valence-electron chi connectivity index (χ1n) is 9.83. The fraction of sp³-hybridized carbons (Fsp3) is 0.391. The van der Waals surface area contributed by atoms with Gasteiger partial charge in [0.2, 0.25) is 5.91 Å². The molecule has 6 heteroatoms. The van der Waals surface area contributed by atoms with Crippen molar-refractivity contribution in [2.45, 2.75) is 52.4 Å². The Kier molecular flexibility index (Phi) is 6.54. The molecule has 154 valence electrons. The van der Waals surface area contributed by atoms with Crippen molar-refractivity contribution in [3.05, 3.63) is 70.8 Å². The van der Waals surface area contributed by atoms with E-state index in [0.717, 1.165) is 23.1 Å². The zero-order valence-corrected chi connectivity index (χ0v) is 17.2. The molecule has 0 aromatic heterocycles. The van der Waals surface area contributed by atoms with Gasteiger partial charge in [0.15, 0.2) is 0 Å². The summed E-state index contributed by atoms with van der Waals surface area (Å²) in [4.78, 5) is 31.5. The SMILES string of the molecule is CC(C)(C)OC(=O)N1CCc2ccc(CC(=O)NOCc3ccccc3)cc2C1. The second-order valence-corrected chi connectivity index (χ2v) is 8.23. The minimum atomic E-state index is -0.517. The van der Waals surface area contributed by atoms with E-state index >= 15 is 0 Å². The van der Waals surface area contributed by atoms with Crippen LogP contribution in [0.3, 0.4) is 0 Å². The van der Waals surface area contributed by atoms with Gasteiger partial charge < -0.3 is 9.64 Å². The van der Waals surface area contributed by atoms with Gasteiger partial charge in [-0.05, 0) is 49.4 Å². The van der Waals surface area contributed by atoms with Crippen LogP contribution >= 0.6 is 0 Å². The molecule has 0 aliphatic carbocycles. The van der Waals surface area contributed by atoms with Gasteiger partial charge >= 0.3 is 6.09 Å². The van der Waals surface area contributed by atoms with Gasteiger partial charge in [0.1, 0.15) is 5.60 Å². The quantitative estimate of drug-likeness (QED) is 0.781. The molecule has 29 heavy (non-hydrogen) atoms. The largest absolute Gasteiger partial charge is 0.444 e. The van der Waals surface area contributed by atoms with Crippen molar-refractivity contribution >= 4 is 12.0 Å². The summed E-state index contributed by atoms with van der Waals surface area (Å²) in [5.41, 5.74) is 6.10. The normalized spacial score (nSPS) is 13.6. The fourth-order valence-corrected chi connectivity index (χ4v) is 3.20. The molecular weight excluding hydrogens is 368 g/mol. The van der Waals surface area contributed by atoms with Gasteiger partial charge in [-0.25, -0.2) is 10.3 Å². The molecule has 1 N–H and O–H groups in total. The molecule has 0 fully saturated rings. The number of nitrogens with one attached hydrogen (secondary N) is 1. The van der Waals surface area contributed by atoms with Gasteiger partial charge in [0.25, 0.3) is 0 Å². The van der Waals surface area contributed by atoms with Gasteiger partial charge in [-0.1, -0.05) is 48.5 Å². The smallest absolute Gasteiger partial charge is 0.410 e. The van der Waals surface area contributed by atoms with E-state index in [1.54, 1.807) is 4.90 Å². The predicted octanol–water partition coefficient (Wildman–Crippen LogP) is 3.77. The van der Waals surface area contributed by atoms with Crippen molar-refractivity contribution in [2.24, 2.45) is 0 Å². The van der Waals surface area contributed by atoms with Crippen molar-refractivity contribution < 1.29 is 19.2 Å². The highest BCUT2D eigenvalue weighted by atomic mass is 16.6. The minimum absolute atomic E-state index is 0.208. The Morgan fingerprint density at radius 3 is 2.52 bits per heavy atom. The van der Waals surface area contributed by atoms with E-state index in [9.17, 15) is 9.59 Å². The number of fused-ring (bicyclic) bond motifs is 1. The van der Waals surface area contributed by atoms with Gasteiger partial charge in [-0.15, -0.1) is 0 Å². The summed E-state index contributed by atoms with van der Waals surface area (Å²) in [6, 6.07) is 15.6. The summed E-state index contributed by atoms with van der Waals surface area (Å²) in [5, 5.41) is 0. The van der Waals surface area contributed by atoms with Crippen LogP contribution in [-0.4, -0.2) is 29.0 Å². The molecule has 2 amide bonds. The topological polar surface area (TPSA) is 67.9 Å². The maximum absolute atomic E-state index is 12.3. The van der Waals surface area contributed by atoms with Crippen LogP contribution < -0.4 is 5.48 Å². The lowest BCUT2D eigenvalue weighted by atomic mass is 9.96. The average molecular weight is 396 g/mol. The third-order valence-electron chi connectivity index (χ3n) is 4.57. The van der Waals surface area contributed by atoms with Crippen molar-refractivity contribution in [3.63, 3.8) is 0 Å². The van der Waals surface area contributed by atoms with E-state index in [4.69, 9.17) is 9.57 Å². The number of carbonyl (C=O) groups is 2. The molecule has 1 aliphatic rings. The van der Waals surface area contributed by atoms with Crippen LogP contribution in [-0.2, 0) is 40.4 Å². The zero-order chi connectivity index (χ0) is 20.9. The van der Waals surface area contributed by atoms with Gasteiger partial charge in [-0.3, -0.25) is 9.63 Å². The molecule has 6 nitrogen and oxygen atoms in total. The Bertz CT molecular complexity index is 859. The van der Waals surface area contributed by atoms with Gasteiger partial charge in [-0.2, -0.15) is 0 Å². The molecule has 0 unspecified atom stereocenters. The maximum atomic E-state index is 12.3. The Hall–Kier alpha value is -2.86. The molecule has 0 spiro atoms. The fourth-order valence-electron chi connectivity index (χ4n) is 3.20. The third-order valence-corrected chi connectivity index (χ3v) is 4.57. The summed E-state index contributed by atoms with van der Waals surface area (Å²) in [6.07, 6.45) is 0.691. The third kappa shape index (κ3) is 6.32. The minimum Gasteiger partial charge on any atom is -0.444 e. The first-order chi connectivity index (χ1) is 13.8. The van der Waals surface area contributed by atoms with E-state index in [0.29, 0.717) is 19.7 Å². The molecule has 3 rings (SSSR count). The molecule has 0 saturated heterocycles. The zero-order valence-electron chi connectivity index (χ0n) is 17.2. The molecule has 2 aromatic carbocycles. The van der Waals surface area contributed by atoms with Crippen LogP contribution in [0.2, 0.25) is 0 Å². The van der Waals surface area contributed by atoms with E-state index in [1.807, 2.05) is 69.3 Å². The number of nitrogens with zero attached hydrogens (tertiary/aromatic N) is 1. The summed E-state index contributed by atoms with van der Waals surface area (Å²) in [7, 11) is 0. The van der Waals surface area contributed by atoms with E-state index in [2.05, 4.69) is 5.48 Å². The second kappa shape index (κ2) is 9.09.